The summed E-state index contributed by atoms with van der Waals surface area (Å²) in [7, 11) is 2.17. The fraction of sp³-hybridized carbons (Fsp3) is 0.389. The number of fused-ring (bicyclic) bond motifs is 1. The van der Waals surface area contributed by atoms with Crippen LogP contribution in [0.1, 0.15) is 26.2 Å². The highest BCUT2D eigenvalue weighted by molar-refractivity contribution is 5.74. The van der Waals surface area contributed by atoms with Gasteiger partial charge in [0.15, 0.2) is 5.82 Å². The molecule has 1 aromatic rings. The Bertz CT molecular complexity index is 780. The molecule has 23 heavy (non-hydrogen) atoms. The largest absolute Gasteiger partial charge is 0.402 e. The molecule has 2 aliphatic carbocycles. The van der Waals surface area contributed by atoms with Gasteiger partial charge in [0, 0.05) is 37.6 Å². The van der Waals surface area contributed by atoms with Crippen LogP contribution in [0.4, 0.5) is 5.82 Å². The monoisotopic (exact) mass is 309 g/mol. The molecule has 0 aliphatic heterocycles. The van der Waals surface area contributed by atoms with Crippen LogP contribution >= 0.6 is 0 Å². The second-order valence-electron chi connectivity index (χ2n) is 6.24. The Hall–Kier alpha value is -2.43. The maximum atomic E-state index is 5.58. The molecule has 1 saturated carbocycles. The van der Waals surface area contributed by atoms with Crippen molar-refractivity contribution >= 4 is 24.2 Å². The van der Waals surface area contributed by atoms with Crippen LogP contribution in [0.5, 0.6) is 0 Å². The zero-order chi connectivity index (χ0) is 16.2. The number of nitrogens with two attached hydrogens (primary N) is 1. The zero-order valence-corrected chi connectivity index (χ0v) is 13.7. The van der Waals surface area contributed by atoms with Crippen LogP contribution < -0.4 is 16.4 Å². The van der Waals surface area contributed by atoms with Gasteiger partial charge in [0.1, 0.15) is 0 Å². The quantitative estimate of drug-likeness (QED) is 0.831. The normalized spacial score (nSPS) is 17.8. The summed E-state index contributed by atoms with van der Waals surface area (Å²) in [5, 5.41) is 1.78. The second-order valence-corrected chi connectivity index (χ2v) is 6.24. The molecule has 0 radical (unpaired) electrons. The van der Waals surface area contributed by atoms with Crippen LogP contribution in [0.3, 0.4) is 0 Å². The maximum Gasteiger partial charge on any atom is 0.171 e. The Morgan fingerprint density at radius 2 is 2.22 bits per heavy atom. The molecular formula is C18H23N5. The molecule has 5 nitrogen and oxygen atoms in total. The molecule has 3 rings (SSSR count). The summed E-state index contributed by atoms with van der Waals surface area (Å²) in [5.74, 6) is 1.48. The lowest BCUT2D eigenvalue weighted by molar-refractivity contribution is 0.393. The number of rotatable bonds is 5. The highest BCUT2D eigenvalue weighted by Crippen LogP contribution is 2.30. The molecule has 0 amide bonds. The fourth-order valence-electron chi connectivity index (χ4n) is 2.51. The van der Waals surface area contributed by atoms with E-state index in [1.807, 2.05) is 13.0 Å². The minimum Gasteiger partial charge on any atom is -0.402 e. The van der Waals surface area contributed by atoms with E-state index in [2.05, 4.69) is 39.1 Å². The molecule has 2 aliphatic rings. The van der Waals surface area contributed by atoms with Crippen LogP contribution in [0.15, 0.2) is 34.7 Å². The SMILES string of the molecule is C/C(N)=C/C=Nc1cnc2c(n1)=CCC(N(C)CC1CC1)=CC=2. The van der Waals surface area contributed by atoms with Gasteiger partial charge in [0.05, 0.1) is 16.9 Å². The van der Waals surface area contributed by atoms with E-state index in [9.17, 15) is 0 Å². The first-order chi connectivity index (χ1) is 11.1. The van der Waals surface area contributed by atoms with Crippen molar-refractivity contribution in [2.24, 2.45) is 16.6 Å². The number of hydrogen-bond acceptors (Lipinski definition) is 5. The summed E-state index contributed by atoms with van der Waals surface area (Å²) >= 11 is 0. The summed E-state index contributed by atoms with van der Waals surface area (Å²) in [5.41, 5.74) is 7.60. The van der Waals surface area contributed by atoms with Gasteiger partial charge in [-0.25, -0.2) is 9.98 Å². The zero-order valence-electron chi connectivity index (χ0n) is 13.7. The lowest BCUT2D eigenvalue weighted by atomic mass is 10.2. The van der Waals surface area contributed by atoms with Crippen molar-refractivity contribution < 1.29 is 0 Å². The summed E-state index contributed by atoms with van der Waals surface area (Å²) in [4.78, 5) is 15.7. The number of nitrogens with zero attached hydrogens (tertiary/aromatic N) is 4. The standard InChI is InChI=1S/C18H23N5/c1-13(19)9-10-20-18-11-21-16-7-5-15(6-8-17(16)22-18)23(2)12-14-3-4-14/h5,7-11,14H,3-4,6,12,19H2,1-2H3/b13-9-,20-10?. The first-order valence-electron chi connectivity index (χ1n) is 8.03. The third-order valence-corrected chi connectivity index (χ3v) is 4.02. The Labute approximate surface area is 136 Å². The first kappa shape index (κ1) is 15.5. The van der Waals surface area contributed by atoms with Crippen LogP contribution in [0.2, 0.25) is 0 Å². The molecule has 0 saturated heterocycles. The van der Waals surface area contributed by atoms with Gasteiger partial charge < -0.3 is 10.6 Å². The van der Waals surface area contributed by atoms with Gasteiger partial charge in [-0.2, -0.15) is 0 Å². The Balaban J connectivity index is 1.79. The third-order valence-electron chi connectivity index (χ3n) is 4.02. The molecule has 2 N–H and O–H groups in total. The molecule has 0 spiro atoms. The van der Waals surface area contributed by atoms with E-state index < -0.39 is 0 Å². The van der Waals surface area contributed by atoms with Gasteiger partial charge >= 0.3 is 0 Å². The average Bonchev–Trinajstić information content (AvgIpc) is 3.33. The predicted molar refractivity (Wildman–Crippen MR) is 94.4 cm³/mol. The van der Waals surface area contributed by atoms with E-state index >= 15 is 0 Å². The lowest BCUT2D eigenvalue weighted by Gasteiger charge is -2.21. The predicted octanol–water partition coefficient (Wildman–Crippen LogP) is 1.23. The number of hydrogen-bond donors (Lipinski definition) is 1. The second kappa shape index (κ2) is 6.77. The third kappa shape index (κ3) is 4.28. The average molecular weight is 309 g/mol. The van der Waals surface area contributed by atoms with Crippen molar-refractivity contribution in [3.05, 3.63) is 40.4 Å². The van der Waals surface area contributed by atoms with Crippen molar-refractivity contribution in [3.63, 3.8) is 0 Å². The lowest BCUT2D eigenvalue weighted by Crippen LogP contribution is -2.30. The Morgan fingerprint density at radius 3 is 2.96 bits per heavy atom. The van der Waals surface area contributed by atoms with Crippen molar-refractivity contribution in [2.75, 3.05) is 13.6 Å². The highest BCUT2D eigenvalue weighted by Gasteiger charge is 2.23. The van der Waals surface area contributed by atoms with Gasteiger partial charge in [-0.05, 0) is 43.9 Å². The molecule has 120 valence electrons. The molecule has 1 heterocycles. The molecular weight excluding hydrogens is 286 g/mol. The van der Waals surface area contributed by atoms with Crippen LogP contribution in [-0.4, -0.2) is 34.7 Å². The first-order valence-corrected chi connectivity index (χ1v) is 8.03. The van der Waals surface area contributed by atoms with Crippen molar-refractivity contribution in [1.82, 2.24) is 14.9 Å². The smallest absolute Gasteiger partial charge is 0.171 e. The Kier molecular flexibility index (Phi) is 4.55. The van der Waals surface area contributed by atoms with Gasteiger partial charge in [0.25, 0.3) is 0 Å². The molecule has 0 unspecified atom stereocenters. The van der Waals surface area contributed by atoms with Crippen LogP contribution in [0.25, 0.3) is 12.2 Å². The number of aliphatic imine (C=N–C) groups is 1. The van der Waals surface area contributed by atoms with E-state index in [-0.39, 0.29) is 0 Å². The van der Waals surface area contributed by atoms with Gasteiger partial charge in [0.2, 0.25) is 0 Å². The molecule has 1 aromatic heterocycles. The van der Waals surface area contributed by atoms with E-state index in [0.717, 1.165) is 29.6 Å². The highest BCUT2D eigenvalue weighted by atomic mass is 15.1. The molecule has 0 atom stereocenters. The van der Waals surface area contributed by atoms with E-state index in [0.29, 0.717) is 11.5 Å². The Morgan fingerprint density at radius 1 is 1.39 bits per heavy atom. The van der Waals surface area contributed by atoms with Crippen molar-refractivity contribution in [2.45, 2.75) is 26.2 Å². The molecule has 0 aromatic carbocycles. The maximum absolute atomic E-state index is 5.58. The van der Waals surface area contributed by atoms with Gasteiger partial charge in [-0.1, -0.05) is 6.08 Å². The number of aromatic nitrogens is 2. The van der Waals surface area contributed by atoms with E-state index in [1.165, 1.54) is 18.5 Å². The summed E-state index contributed by atoms with van der Waals surface area (Å²) in [6.07, 6.45) is 15.0. The van der Waals surface area contributed by atoms with Gasteiger partial charge in [-0.15, -0.1) is 0 Å². The van der Waals surface area contributed by atoms with Crippen molar-refractivity contribution in [3.8, 4) is 0 Å². The summed E-state index contributed by atoms with van der Waals surface area (Å²) in [6, 6.07) is 0. The minimum atomic E-state index is 0.598. The molecule has 1 fully saturated rings. The summed E-state index contributed by atoms with van der Waals surface area (Å²) < 4.78 is 0. The van der Waals surface area contributed by atoms with Gasteiger partial charge in [-0.3, -0.25) is 4.98 Å². The van der Waals surface area contributed by atoms with Crippen LogP contribution in [-0.2, 0) is 0 Å². The van der Waals surface area contributed by atoms with E-state index in [1.54, 1.807) is 18.5 Å². The fourth-order valence-corrected chi connectivity index (χ4v) is 2.51. The minimum absolute atomic E-state index is 0.598. The molecule has 5 heteroatoms. The van der Waals surface area contributed by atoms with Crippen molar-refractivity contribution in [1.29, 1.82) is 0 Å². The summed E-state index contributed by atoms with van der Waals surface area (Å²) in [6.45, 7) is 2.97. The number of allylic oxidation sites excluding steroid dienone is 4. The van der Waals surface area contributed by atoms with Crippen LogP contribution in [0, 0.1) is 5.92 Å². The topological polar surface area (TPSA) is 67.4 Å². The van der Waals surface area contributed by atoms with E-state index in [4.69, 9.17) is 5.73 Å². The molecule has 0 bridgehead atoms.